The van der Waals surface area contributed by atoms with Crippen LogP contribution in [-0.2, 0) is 0 Å². The molecule has 0 aromatic carbocycles. The second-order valence-electron chi connectivity index (χ2n) is 5.00. The highest BCUT2D eigenvalue weighted by molar-refractivity contribution is 5.16. The molecule has 2 rings (SSSR count). The highest BCUT2D eigenvalue weighted by Crippen LogP contribution is 2.34. The van der Waals surface area contributed by atoms with Crippen LogP contribution in [0.2, 0.25) is 0 Å². The lowest BCUT2D eigenvalue weighted by atomic mass is 9.98. The maximum absolute atomic E-state index is 12.6. The second-order valence-corrected chi connectivity index (χ2v) is 5.00. The maximum Gasteiger partial charge on any atom is 0.412 e. The molecule has 2 unspecified atom stereocenters. The highest BCUT2D eigenvalue weighted by atomic mass is 19.4. The minimum Gasteiger partial charge on any atom is -0.468 e. The first-order chi connectivity index (χ1) is 9.43. The van der Waals surface area contributed by atoms with Gasteiger partial charge in [-0.2, -0.15) is 13.2 Å². The molecule has 2 N–H and O–H groups in total. The van der Waals surface area contributed by atoms with Gasteiger partial charge in [-0.05, 0) is 25.0 Å². The third kappa shape index (κ3) is 3.24. The predicted octanol–water partition coefficient (Wildman–Crippen LogP) is 3.25. The molecule has 2 atom stereocenters. The van der Waals surface area contributed by atoms with Crippen molar-refractivity contribution in [1.82, 2.24) is 4.90 Å². The topological polar surface area (TPSA) is 42.4 Å². The number of rotatable bonds is 4. The molecule has 2 heterocycles. The van der Waals surface area contributed by atoms with Crippen LogP contribution in [0.4, 0.5) is 13.2 Å². The molecule has 0 spiro atoms. The van der Waals surface area contributed by atoms with Gasteiger partial charge < -0.3 is 10.2 Å². The monoisotopic (exact) mass is 288 g/mol. The van der Waals surface area contributed by atoms with E-state index < -0.39 is 11.7 Å². The molecule has 1 aliphatic rings. The SMILES string of the molecule is CCC(N)C(c1ccco1)N1CC=C(C(F)(F)F)CC1. The number of hydrogen-bond acceptors (Lipinski definition) is 3. The Balaban J connectivity index is 2.15. The van der Waals surface area contributed by atoms with E-state index in [1.54, 1.807) is 12.3 Å². The Morgan fingerprint density at radius 1 is 1.45 bits per heavy atom. The normalized spacial score (nSPS) is 20.6. The largest absolute Gasteiger partial charge is 0.468 e. The van der Waals surface area contributed by atoms with Crippen molar-refractivity contribution >= 4 is 0 Å². The van der Waals surface area contributed by atoms with Gasteiger partial charge in [-0.3, -0.25) is 4.90 Å². The number of halogens is 3. The van der Waals surface area contributed by atoms with Gasteiger partial charge in [0.1, 0.15) is 5.76 Å². The maximum atomic E-state index is 12.6. The Labute approximate surface area is 116 Å². The molecule has 112 valence electrons. The number of nitrogens with zero attached hydrogens (tertiary/aromatic N) is 1. The smallest absolute Gasteiger partial charge is 0.412 e. The van der Waals surface area contributed by atoms with Gasteiger partial charge in [0.2, 0.25) is 0 Å². The van der Waals surface area contributed by atoms with E-state index in [9.17, 15) is 13.2 Å². The zero-order valence-electron chi connectivity index (χ0n) is 11.4. The van der Waals surface area contributed by atoms with E-state index in [0.717, 1.165) is 6.42 Å². The van der Waals surface area contributed by atoms with Crippen molar-refractivity contribution in [2.75, 3.05) is 13.1 Å². The number of alkyl halides is 3. The molecule has 0 saturated heterocycles. The lowest BCUT2D eigenvalue weighted by Gasteiger charge is -2.36. The van der Waals surface area contributed by atoms with Crippen LogP contribution < -0.4 is 5.73 Å². The molecule has 0 fully saturated rings. The van der Waals surface area contributed by atoms with Crippen molar-refractivity contribution in [3.8, 4) is 0 Å². The minimum absolute atomic E-state index is 0.00283. The average molecular weight is 288 g/mol. The molecule has 0 radical (unpaired) electrons. The van der Waals surface area contributed by atoms with Crippen molar-refractivity contribution in [2.24, 2.45) is 5.73 Å². The molecule has 6 heteroatoms. The molecular formula is C14H19F3N2O. The third-order valence-electron chi connectivity index (χ3n) is 3.71. The average Bonchev–Trinajstić information content (AvgIpc) is 2.92. The third-order valence-corrected chi connectivity index (χ3v) is 3.71. The van der Waals surface area contributed by atoms with Crippen molar-refractivity contribution < 1.29 is 17.6 Å². The molecule has 1 aliphatic heterocycles. The van der Waals surface area contributed by atoms with Crippen LogP contribution in [-0.4, -0.2) is 30.2 Å². The van der Waals surface area contributed by atoms with Crippen LogP contribution in [0.15, 0.2) is 34.5 Å². The zero-order chi connectivity index (χ0) is 14.8. The Morgan fingerprint density at radius 3 is 2.65 bits per heavy atom. The molecule has 1 aromatic heterocycles. The first kappa shape index (κ1) is 15.1. The summed E-state index contributed by atoms with van der Waals surface area (Å²) in [5.41, 5.74) is 5.67. The van der Waals surface area contributed by atoms with Crippen molar-refractivity contribution in [2.45, 2.75) is 38.0 Å². The first-order valence-corrected chi connectivity index (χ1v) is 6.72. The van der Waals surface area contributed by atoms with E-state index in [2.05, 4.69) is 0 Å². The standard InChI is InChI=1S/C14H19F3N2O/c1-2-11(18)13(12-4-3-9-20-12)19-7-5-10(6-8-19)14(15,16)17/h3-5,9,11,13H,2,6-8,18H2,1H3. The minimum atomic E-state index is -4.22. The van der Waals surface area contributed by atoms with Gasteiger partial charge >= 0.3 is 6.18 Å². The second kappa shape index (κ2) is 6.01. The van der Waals surface area contributed by atoms with E-state index in [0.29, 0.717) is 12.3 Å². The fraction of sp³-hybridized carbons (Fsp3) is 0.571. The zero-order valence-corrected chi connectivity index (χ0v) is 11.4. The molecule has 0 amide bonds. The lowest BCUT2D eigenvalue weighted by molar-refractivity contribution is -0.0966. The summed E-state index contributed by atoms with van der Waals surface area (Å²) < 4.78 is 43.3. The number of furan rings is 1. The first-order valence-electron chi connectivity index (χ1n) is 6.72. The summed E-state index contributed by atoms with van der Waals surface area (Å²) in [4.78, 5) is 1.95. The summed E-state index contributed by atoms with van der Waals surface area (Å²) in [5, 5.41) is 0. The Kier molecular flexibility index (Phi) is 4.55. The predicted molar refractivity (Wildman–Crippen MR) is 70.0 cm³/mol. The highest BCUT2D eigenvalue weighted by Gasteiger charge is 2.37. The number of nitrogens with two attached hydrogens (primary N) is 1. The van der Waals surface area contributed by atoms with Gasteiger partial charge in [0.15, 0.2) is 0 Å². The van der Waals surface area contributed by atoms with Gasteiger partial charge in [-0.15, -0.1) is 0 Å². The van der Waals surface area contributed by atoms with Gasteiger partial charge in [0.25, 0.3) is 0 Å². The Bertz CT molecular complexity index is 453. The van der Waals surface area contributed by atoms with E-state index in [-0.39, 0.29) is 25.0 Å². The van der Waals surface area contributed by atoms with Crippen LogP contribution >= 0.6 is 0 Å². The van der Waals surface area contributed by atoms with Crippen molar-refractivity contribution in [3.63, 3.8) is 0 Å². The summed E-state index contributed by atoms with van der Waals surface area (Å²) in [6.07, 6.45) is -0.679. The molecule has 20 heavy (non-hydrogen) atoms. The van der Waals surface area contributed by atoms with E-state index in [1.165, 1.54) is 6.08 Å². The Morgan fingerprint density at radius 2 is 2.20 bits per heavy atom. The molecule has 0 aliphatic carbocycles. The van der Waals surface area contributed by atoms with Crippen molar-refractivity contribution in [1.29, 1.82) is 0 Å². The van der Waals surface area contributed by atoms with Crippen molar-refractivity contribution in [3.05, 3.63) is 35.8 Å². The van der Waals surface area contributed by atoms with E-state index in [4.69, 9.17) is 10.2 Å². The van der Waals surface area contributed by atoms with Crippen LogP contribution in [0, 0.1) is 0 Å². The van der Waals surface area contributed by atoms with E-state index >= 15 is 0 Å². The Hall–Kier alpha value is -1.27. The van der Waals surface area contributed by atoms with Gasteiger partial charge in [0, 0.05) is 24.7 Å². The van der Waals surface area contributed by atoms with E-state index in [1.807, 2.05) is 17.9 Å². The number of hydrogen-bond donors (Lipinski definition) is 1. The molecule has 3 nitrogen and oxygen atoms in total. The quantitative estimate of drug-likeness (QED) is 0.865. The van der Waals surface area contributed by atoms with Gasteiger partial charge in [-0.25, -0.2) is 0 Å². The summed E-state index contributed by atoms with van der Waals surface area (Å²) in [7, 11) is 0. The van der Waals surface area contributed by atoms with Crippen LogP contribution in [0.5, 0.6) is 0 Å². The van der Waals surface area contributed by atoms with Crippen LogP contribution in [0.1, 0.15) is 31.6 Å². The summed E-state index contributed by atoms with van der Waals surface area (Å²) >= 11 is 0. The molecular weight excluding hydrogens is 269 g/mol. The fourth-order valence-electron chi connectivity index (χ4n) is 2.54. The van der Waals surface area contributed by atoms with Crippen LogP contribution in [0.25, 0.3) is 0 Å². The van der Waals surface area contributed by atoms with Crippen LogP contribution in [0.3, 0.4) is 0 Å². The van der Waals surface area contributed by atoms with Gasteiger partial charge in [-0.1, -0.05) is 13.0 Å². The molecule has 0 bridgehead atoms. The molecule has 0 saturated carbocycles. The summed E-state index contributed by atoms with van der Waals surface area (Å²) in [6, 6.07) is 3.25. The fourth-order valence-corrected chi connectivity index (χ4v) is 2.54. The lowest BCUT2D eigenvalue weighted by Crippen LogP contribution is -2.43. The summed E-state index contributed by atoms with van der Waals surface area (Å²) in [5.74, 6) is 0.711. The van der Waals surface area contributed by atoms with Gasteiger partial charge in [0.05, 0.1) is 12.3 Å². The summed E-state index contributed by atoms with van der Waals surface area (Å²) in [6.45, 7) is 2.54. The molecule has 1 aromatic rings.